The van der Waals surface area contributed by atoms with E-state index in [4.69, 9.17) is 4.74 Å². The molecule has 2 heteroatoms. The molecule has 78 valence electrons. The van der Waals surface area contributed by atoms with Gasteiger partial charge in [0.2, 0.25) is 0 Å². The first-order valence-electron chi connectivity index (χ1n) is 5.47. The largest absolute Gasteiger partial charge is 0.378 e. The van der Waals surface area contributed by atoms with E-state index in [1.807, 2.05) is 0 Å². The topological polar surface area (TPSA) is 21.3 Å². The molecule has 0 saturated heterocycles. The normalized spacial score (nSPS) is 31.4. The molecule has 1 rings (SSSR count). The summed E-state index contributed by atoms with van der Waals surface area (Å²) in [4.78, 5) is 0. The molecule has 1 N–H and O–H groups in total. The molecule has 0 radical (unpaired) electrons. The van der Waals surface area contributed by atoms with Crippen molar-refractivity contribution in [1.82, 2.24) is 5.32 Å². The molecular weight excluding hydrogens is 162 g/mol. The minimum atomic E-state index is 0.325. The van der Waals surface area contributed by atoms with Crippen molar-refractivity contribution in [1.29, 1.82) is 0 Å². The van der Waals surface area contributed by atoms with Crippen LogP contribution in [0.2, 0.25) is 0 Å². The monoisotopic (exact) mass is 185 g/mol. The molecular formula is C11H23NO. The molecule has 0 spiro atoms. The molecule has 0 amide bonds. The van der Waals surface area contributed by atoms with Crippen LogP contribution in [-0.2, 0) is 4.74 Å². The fraction of sp³-hybridized carbons (Fsp3) is 1.00. The van der Waals surface area contributed by atoms with Gasteiger partial charge in [0.05, 0.1) is 6.10 Å². The fourth-order valence-corrected chi connectivity index (χ4v) is 2.03. The Morgan fingerprint density at radius 2 is 2.08 bits per heavy atom. The maximum absolute atomic E-state index is 5.66. The zero-order chi connectivity index (χ0) is 9.90. The van der Waals surface area contributed by atoms with E-state index in [2.05, 4.69) is 33.0 Å². The van der Waals surface area contributed by atoms with Crippen LogP contribution in [0.4, 0.5) is 0 Å². The van der Waals surface area contributed by atoms with Crippen LogP contribution in [0.15, 0.2) is 0 Å². The number of hydrogen-bond donors (Lipinski definition) is 1. The minimum Gasteiger partial charge on any atom is -0.378 e. The first-order chi connectivity index (χ1) is 6.12. The molecule has 0 aromatic heterocycles. The summed E-state index contributed by atoms with van der Waals surface area (Å²) in [7, 11) is 0. The summed E-state index contributed by atoms with van der Waals surface area (Å²) in [5.74, 6) is 0. The lowest BCUT2D eigenvalue weighted by Gasteiger charge is -2.52. The summed E-state index contributed by atoms with van der Waals surface area (Å²) in [6.07, 6.45) is 2.86. The van der Waals surface area contributed by atoms with Gasteiger partial charge in [-0.15, -0.1) is 0 Å². The van der Waals surface area contributed by atoms with E-state index in [9.17, 15) is 0 Å². The average Bonchev–Trinajstić information content (AvgIpc) is 2.10. The Morgan fingerprint density at radius 3 is 2.54 bits per heavy atom. The van der Waals surface area contributed by atoms with Crippen LogP contribution < -0.4 is 5.32 Å². The second-order valence-electron chi connectivity index (χ2n) is 4.51. The highest BCUT2D eigenvalue weighted by atomic mass is 16.5. The predicted octanol–water partition coefficient (Wildman–Crippen LogP) is 2.19. The lowest BCUT2D eigenvalue weighted by Crippen LogP contribution is -2.61. The number of hydrogen-bond acceptors (Lipinski definition) is 2. The van der Waals surface area contributed by atoms with Gasteiger partial charge in [-0.3, -0.25) is 0 Å². The standard InChI is InChI=1S/C11H23NO/c1-5-7-12-9-8-10(13-6-2)11(9,3)4/h9-10,12H,5-8H2,1-4H3/t9-,10+/m0/s1. The second kappa shape index (κ2) is 4.43. The van der Waals surface area contributed by atoms with E-state index < -0.39 is 0 Å². The Labute approximate surface area is 82.0 Å². The zero-order valence-corrected chi connectivity index (χ0v) is 9.39. The highest BCUT2D eigenvalue weighted by molar-refractivity contribution is 5.02. The van der Waals surface area contributed by atoms with Crippen LogP contribution in [0.5, 0.6) is 0 Å². The maximum Gasteiger partial charge on any atom is 0.0655 e. The Bertz CT molecular complexity index is 156. The van der Waals surface area contributed by atoms with Crippen LogP contribution in [0, 0.1) is 5.41 Å². The van der Waals surface area contributed by atoms with E-state index >= 15 is 0 Å². The van der Waals surface area contributed by atoms with Gasteiger partial charge in [0.25, 0.3) is 0 Å². The molecule has 2 atom stereocenters. The molecule has 0 unspecified atom stereocenters. The predicted molar refractivity (Wildman–Crippen MR) is 55.9 cm³/mol. The number of nitrogens with one attached hydrogen (secondary N) is 1. The van der Waals surface area contributed by atoms with Crippen LogP contribution in [-0.4, -0.2) is 25.3 Å². The molecule has 1 aliphatic rings. The molecule has 1 fully saturated rings. The van der Waals surface area contributed by atoms with Crippen LogP contribution in [0.1, 0.15) is 40.5 Å². The lowest BCUT2D eigenvalue weighted by molar-refractivity contribution is -0.113. The number of rotatable bonds is 5. The molecule has 0 aliphatic heterocycles. The fourth-order valence-electron chi connectivity index (χ4n) is 2.03. The van der Waals surface area contributed by atoms with Crippen molar-refractivity contribution >= 4 is 0 Å². The van der Waals surface area contributed by atoms with Crippen molar-refractivity contribution in [3.05, 3.63) is 0 Å². The lowest BCUT2D eigenvalue weighted by atomic mass is 9.64. The van der Waals surface area contributed by atoms with Crippen molar-refractivity contribution in [2.75, 3.05) is 13.2 Å². The van der Waals surface area contributed by atoms with Gasteiger partial charge in [-0.05, 0) is 26.3 Å². The first kappa shape index (κ1) is 11.0. The van der Waals surface area contributed by atoms with Crippen LogP contribution >= 0.6 is 0 Å². The van der Waals surface area contributed by atoms with Gasteiger partial charge in [-0.25, -0.2) is 0 Å². The highest BCUT2D eigenvalue weighted by Crippen LogP contribution is 2.42. The Kier molecular flexibility index (Phi) is 3.74. The van der Waals surface area contributed by atoms with Crippen molar-refractivity contribution in [2.45, 2.75) is 52.7 Å². The third kappa shape index (κ3) is 2.23. The van der Waals surface area contributed by atoms with E-state index in [0.29, 0.717) is 17.6 Å². The van der Waals surface area contributed by atoms with E-state index in [1.165, 1.54) is 12.8 Å². The SMILES string of the molecule is CCCN[C@H]1C[C@@H](OCC)C1(C)C. The molecule has 1 aliphatic carbocycles. The summed E-state index contributed by atoms with van der Waals surface area (Å²) >= 11 is 0. The van der Waals surface area contributed by atoms with Crippen molar-refractivity contribution in [3.63, 3.8) is 0 Å². The Hall–Kier alpha value is -0.0800. The second-order valence-corrected chi connectivity index (χ2v) is 4.51. The summed E-state index contributed by atoms with van der Waals surface area (Å²) in [6.45, 7) is 10.8. The van der Waals surface area contributed by atoms with Gasteiger partial charge in [0.15, 0.2) is 0 Å². The minimum absolute atomic E-state index is 0.325. The summed E-state index contributed by atoms with van der Waals surface area (Å²) in [5.41, 5.74) is 0.325. The van der Waals surface area contributed by atoms with Crippen molar-refractivity contribution in [3.8, 4) is 0 Å². The first-order valence-corrected chi connectivity index (χ1v) is 5.47. The quantitative estimate of drug-likeness (QED) is 0.709. The highest BCUT2D eigenvalue weighted by Gasteiger charge is 2.48. The van der Waals surface area contributed by atoms with Crippen LogP contribution in [0.25, 0.3) is 0 Å². The molecule has 13 heavy (non-hydrogen) atoms. The Balaban J connectivity index is 2.30. The van der Waals surface area contributed by atoms with Gasteiger partial charge >= 0.3 is 0 Å². The smallest absolute Gasteiger partial charge is 0.0655 e. The molecule has 2 nitrogen and oxygen atoms in total. The molecule has 0 bridgehead atoms. The van der Waals surface area contributed by atoms with Gasteiger partial charge in [0.1, 0.15) is 0 Å². The third-order valence-corrected chi connectivity index (χ3v) is 3.19. The summed E-state index contributed by atoms with van der Waals surface area (Å²) in [5, 5.41) is 3.57. The van der Waals surface area contributed by atoms with Gasteiger partial charge < -0.3 is 10.1 Å². The summed E-state index contributed by atoms with van der Waals surface area (Å²) in [6, 6.07) is 0.656. The third-order valence-electron chi connectivity index (χ3n) is 3.19. The number of ether oxygens (including phenoxy) is 1. The van der Waals surface area contributed by atoms with Crippen LogP contribution in [0.3, 0.4) is 0 Å². The zero-order valence-electron chi connectivity index (χ0n) is 9.39. The van der Waals surface area contributed by atoms with Gasteiger partial charge in [-0.2, -0.15) is 0 Å². The van der Waals surface area contributed by atoms with Crippen molar-refractivity contribution < 1.29 is 4.74 Å². The average molecular weight is 185 g/mol. The molecule has 0 aromatic carbocycles. The molecule has 0 aromatic rings. The van der Waals surface area contributed by atoms with E-state index in [1.54, 1.807) is 0 Å². The van der Waals surface area contributed by atoms with E-state index in [-0.39, 0.29) is 0 Å². The maximum atomic E-state index is 5.66. The van der Waals surface area contributed by atoms with E-state index in [0.717, 1.165) is 13.2 Å². The Morgan fingerprint density at radius 1 is 1.38 bits per heavy atom. The van der Waals surface area contributed by atoms with Crippen molar-refractivity contribution in [2.24, 2.45) is 5.41 Å². The van der Waals surface area contributed by atoms with Gasteiger partial charge in [-0.1, -0.05) is 20.8 Å². The summed E-state index contributed by atoms with van der Waals surface area (Å²) < 4.78 is 5.66. The molecule has 1 saturated carbocycles. The van der Waals surface area contributed by atoms with Gasteiger partial charge in [0, 0.05) is 18.1 Å². The molecule has 0 heterocycles.